The molecule has 1 heterocycles. The summed E-state index contributed by atoms with van der Waals surface area (Å²) in [5.74, 6) is 1.24. The van der Waals surface area contributed by atoms with Crippen molar-refractivity contribution >= 4 is 12.0 Å². The molecule has 0 saturated heterocycles. The third-order valence-corrected chi connectivity index (χ3v) is 5.41. The molecule has 2 atom stereocenters. The Labute approximate surface area is 130 Å². The molecule has 0 amide bonds. The maximum Gasteiger partial charge on any atom is 0.271 e. The lowest BCUT2D eigenvalue weighted by Crippen LogP contribution is -2.14. The van der Waals surface area contributed by atoms with Gasteiger partial charge in [-0.25, -0.2) is 4.68 Å². The van der Waals surface area contributed by atoms with Gasteiger partial charge >= 0.3 is 0 Å². The number of carbonyl (C=O) groups excluding carboxylic acids is 1. The fourth-order valence-corrected chi connectivity index (χ4v) is 4.08. The third kappa shape index (κ3) is 1.81. The molecule has 3 heteroatoms. The van der Waals surface area contributed by atoms with Gasteiger partial charge < -0.3 is 0 Å². The summed E-state index contributed by atoms with van der Waals surface area (Å²) in [6.45, 7) is 6.67. The molecule has 1 saturated carbocycles. The first-order valence-electron chi connectivity index (χ1n) is 7.86. The average Bonchev–Trinajstić information content (AvgIpc) is 2.86. The van der Waals surface area contributed by atoms with Crippen LogP contribution < -0.4 is 0 Å². The second-order valence-corrected chi connectivity index (χ2v) is 7.05. The number of aryl methyl sites for hydroxylation is 1. The fourth-order valence-electron chi connectivity index (χ4n) is 4.08. The van der Waals surface area contributed by atoms with Gasteiger partial charge in [-0.15, -0.1) is 0 Å². The largest absolute Gasteiger partial charge is 0.271 e. The van der Waals surface area contributed by atoms with Gasteiger partial charge in [-0.3, -0.25) is 4.79 Å². The van der Waals surface area contributed by atoms with Crippen molar-refractivity contribution < 1.29 is 4.79 Å². The zero-order valence-electron chi connectivity index (χ0n) is 13.2. The summed E-state index contributed by atoms with van der Waals surface area (Å²) in [7, 11) is 0. The maximum atomic E-state index is 12.5. The van der Waals surface area contributed by atoms with Crippen LogP contribution in [-0.4, -0.2) is 15.7 Å². The van der Waals surface area contributed by atoms with Crippen LogP contribution in [0.2, 0.25) is 0 Å². The van der Waals surface area contributed by atoms with E-state index in [4.69, 9.17) is 0 Å². The van der Waals surface area contributed by atoms with Crippen LogP contribution in [0, 0.1) is 18.3 Å². The molecule has 1 aromatic carbocycles. The standard InChI is InChI=1S/C19H20N2O/c1-12-17-15(11-14-18(17)19(14,2)3)21(20-12)16(22)10-9-13-7-5-4-6-8-13/h4-10,14,18H,11H2,1-3H3/b10-9+/t14-,18+/m1/s1. The fraction of sp³-hybridized carbons (Fsp3) is 0.368. The monoisotopic (exact) mass is 292 g/mol. The van der Waals surface area contributed by atoms with E-state index in [-0.39, 0.29) is 5.91 Å². The zero-order chi connectivity index (χ0) is 15.5. The Morgan fingerprint density at radius 1 is 1.32 bits per heavy atom. The lowest BCUT2D eigenvalue weighted by molar-refractivity contribution is 0.0951. The number of hydrogen-bond acceptors (Lipinski definition) is 2. The molecule has 0 N–H and O–H groups in total. The summed E-state index contributed by atoms with van der Waals surface area (Å²) in [5, 5.41) is 4.50. The van der Waals surface area contributed by atoms with Crippen LogP contribution in [0.5, 0.6) is 0 Å². The van der Waals surface area contributed by atoms with E-state index in [9.17, 15) is 4.79 Å². The second kappa shape index (κ2) is 4.42. The lowest BCUT2D eigenvalue weighted by atomic mass is 9.98. The molecule has 1 aromatic heterocycles. The maximum absolute atomic E-state index is 12.5. The number of nitrogens with zero attached hydrogens (tertiary/aromatic N) is 2. The summed E-state index contributed by atoms with van der Waals surface area (Å²) in [6.07, 6.45) is 4.46. The van der Waals surface area contributed by atoms with Crippen LogP contribution in [0.15, 0.2) is 36.4 Å². The minimum atomic E-state index is -0.0488. The van der Waals surface area contributed by atoms with E-state index < -0.39 is 0 Å². The van der Waals surface area contributed by atoms with Gasteiger partial charge in [-0.2, -0.15) is 5.10 Å². The molecule has 0 bridgehead atoms. The molecule has 2 aliphatic rings. The van der Waals surface area contributed by atoms with Gasteiger partial charge in [0.05, 0.1) is 11.4 Å². The van der Waals surface area contributed by atoms with E-state index >= 15 is 0 Å². The van der Waals surface area contributed by atoms with Crippen LogP contribution >= 0.6 is 0 Å². The van der Waals surface area contributed by atoms with Crippen LogP contribution in [-0.2, 0) is 6.42 Å². The minimum Gasteiger partial charge on any atom is -0.267 e. The van der Waals surface area contributed by atoms with Crippen molar-refractivity contribution in [2.75, 3.05) is 0 Å². The van der Waals surface area contributed by atoms with Crippen LogP contribution in [0.25, 0.3) is 6.08 Å². The summed E-state index contributed by atoms with van der Waals surface area (Å²) in [6, 6.07) is 9.88. The highest BCUT2D eigenvalue weighted by atomic mass is 16.2. The molecule has 112 valence electrons. The summed E-state index contributed by atoms with van der Waals surface area (Å²) in [4.78, 5) is 12.5. The number of rotatable bonds is 2. The van der Waals surface area contributed by atoms with E-state index in [1.165, 1.54) is 5.56 Å². The van der Waals surface area contributed by atoms with E-state index in [0.717, 1.165) is 23.4 Å². The molecule has 0 aliphatic heterocycles. The van der Waals surface area contributed by atoms with Crippen LogP contribution in [0.1, 0.15) is 47.1 Å². The average molecular weight is 292 g/mol. The smallest absolute Gasteiger partial charge is 0.267 e. The minimum absolute atomic E-state index is 0.0488. The number of benzene rings is 1. The van der Waals surface area contributed by atoms with E-state index in [2.05, 4.69) is 18.9 Å². The van der Waals surface area contributed by atoms with Crippen LogP contribution in [0.3, 0.4) is 0 Å². The predicted molar refractivity (Wildman–Crippen MR) is 86.8 cm³/mol. The van der Waals surface area contributed by atoms with E-state index in [1.54, 1.807) is 10.8 Å². The number of aromatic nitrogens is 2. The number of carbonyl (C=O) groups is 1. The lowest BCUT2D eigenvalue weighted by Gasteiger charge is -2.09. The van der Waals surface area contributed by atoms with Crippen molar-refractivity contribution in [2.45, 2.75) is 33.1 Å². The van der Waals surface area contributed by atoms with Gasteiger partial charge in [0, 0.05) is 11.6 Å². The normalized spacial score (nSPS) is 24.3. The molecule has 4 rings (SSSR count). The van der Waals surface area contributed by atoms with E-state index in [1.807, 2.05) is 43.3 Å². The van der Waals surface area contributed by atoms with Crippen molar-refractivity contribution in [2.24, 2.45) is 11.3 Å². The topological polar surface area (TPSA) is 34.9 Å². The van der Waals surface area contributed by atoms with Crippen molar-refractivity contribution in [3.63, 3.8) is 0 Å². The Morgan fingerprint density at radius 2 is 2.05 bits per heavy atom. The van der Waals surface area contributed by atoms with Crippen molar-refractivity contribution in [3.05, 3.63) is 58.9 Å². The van der Waals surface area contributed by atoms with Crippen LogP contribution in [0.4, 0.5) is 0 Å². The summed E-state index contributed by atoms with van der Waals surface area (Å²) >= 11 is 0. The predicted octanol–water partition coefficient (Wildman–Crippen LogP) is 3.84. The molecule has 2 aliphatic carbocycles. The first-order chi connectivity index (χ1) is 10.5. The molecule has 22 heavy (non-hydrogen) atoms. The van der Waals surface area contributed by atoms with Gasteiger partial charge in [-0.05, 0) is 42.2 Å². The first-order valence-corrected chi connectivity index (χ1v) is 7.86. The molecular weight excluding hydrogens is 272 g/mol. The highest BCUT2D eigenvalue weighted by molar-refractivity contribution is 5.94. The van der Waals surface area contributed by atoms with Gasteiger partial charge in [0.1, 0.15) is 0 Å². The Morgan fingerprint density at radius 3 is 2.77 bits per heavy atom. The second-order valence-electron chi connectivity index (χ2n) is 7.05. The Bertz CT molecular complexity index is 783. The molecule has 0 spiro atoms. The Kier molecular flexibility index (Phi) is 2.71. The van der Waals surface area contributed by atoms with E-state index in [0.29, 0.717) is 17.3 Å². The SMILES string of the molecule is Cc1nn(C(=O)/C=C/c2ccccc2)c2c1[C@@H]1[C@@H](C2)C1(C)C. The number of fused-ring (bicyclic) bond motifs is 3. The number of hydrogen-bond donors (Lipinski definition) is 0. The quantitative estimate of drug-likeness (QED) is 0.788. The highest BCUT2D eigenvalue weighted by Crippen LogP contribution is 2.70. The van der Waals surface area contributed by atoms with Gasteiger partial charge in [0.25, 0.3) is 5.91 Å². The van der Waals surface area contributed by atoms with Crippen molar-refractivity contribution in [1.82, 2.24) is 9.78 Å². The summed E-state index contributed by atoms with van der Waals surface area (Å²) < 4.78 is 1.62. The molecular formula is C19H20N2O. The summed E-state index contributed by atoms with van der Waals surface area (Å²) in [5.41, 5.74) is 4.90. The number of allylic oxidation sites excluding steroid dienone is 1. The molecule has 0 radical (unpaired) electrons. The van der Waals surface area contributed by atoms with Crippen molar-refractivity contribution in [3.8, 4) is 0 Å². The highest BCUT2D eigenvalue weighted by Gasteiger charge is 2.63. The first kappa shape index (κ1) is 13.5. The molecule has 1 fully saturated rings. The third-order valence-electron chi connectivity index (χ3n) is 5.41. The molecule has 0 unspecified atom stereocenters. The molecule has 2 aromatic rings. The zero-order valence-corrected chi connectivity index (χ0v) is 13.2. The Hall–Kier alpha value is -2.16. The molecule has 3 nitrogen and oxygen atoms in total. The van der Waals surface area contributed by atoms with Gasteiger partial charge in [-0.1, -0.05) is 44.2 Å². The van der Waals surface area contributed by atoms with Crippen molar-refractivity contribution in [1.29, 1.82) is 0 Å². The van der Waals surface area contributed by atoms with Gasteiger partial charge in [0.15, 0.2) is 0 Å². The van der Waals surface area contributed by atoms with Gasteiger partial charge in [0.2, 0.25) is 0 Å². The Balaban J connectivity index is 1.63.